The number of nitrogens with two attached hydrogens (primary N) is 1. The maximum absolute atomic E-state index is 6.01. The Labute approximate surface area is 108 Å². The van der Waals surface area contributed by atoms with Gasteiger partial charge >= 0.3 is 0 Å². The van der Waals surface area contributed by atoms with Crippen molar-refractivity contribution in [3.8, 4) is 0 Å². The molecule has 1 aromatic heterocycles. The predicted molar refractivity (Wildman–Crippen MR) is 68.0 cm³/mol. The van der Waals surface area contributed by atoms with Gasteiger partial charge in [-0.2, -0.15) is 4.98 Å². The van der Waals surface area contributed by atoms with E-state index in [2.05, 4.69) is 24.0 Å². The minimum Gasteiger partial charge on any atom is -0.378 e. The number of aromatic nitrogens is 2. The maximum atomic E-state index is 6.01. The molecule has 2 N–H and O–H groups in total. The van der Waals surface area contributed by atoms with Gasteiger partial charge in [-0.25, -0.2) is 0 Å². The van der Waals surface area contributed by atoms with E-state index in [0.29, 0.717) is 11.8 Å². The quantitative estimate of drug-likeness (QED) is 0.871. The molecule has 0 amide bonds. The molecule has 1 unspecified atom stereocenters. The Kier molecular flexibility index (Phi) is 4.72. The van der Waals surface area contributed by atoms with Crippen LogP contribution in [0.1, 0.15) is 57.3 Å². The van der Waals surface area contributed by atoms with Crippen molar-refractivity contribution in [3.63, 3.8) is 0 Å². The molecule has 2 heterocycles. The van der Waals surface area contributed by atoms with E-state index in [9.17, 15) is 0 Å². The van der Waals surface area contributed by atoms with Crippen LogP contribution in [0.25, 0.3) is 0 Å². The van der Waals surface area contributed by atoms with Crippen molar-refractivity contribution in [2.24, 2.45) is 11.7 Å². The first-order valence-electron chi connectivity index (χ1n) is 6.85. The highest BCUT2D eigenvalue weighted by molar-refractivity contribution is 4.94. The van der Waals surface area contributed by atoms with Crippen molar-refractivity contribution in [3.05, 3.63) is 11.7 Å². The lowest BCUT2D eigenvalue weighted by molar-refractivity contribution is 0.0153. The molecule has 1 aromatic rings. The Morgan fingerprint density at radius 2 is 2.22 bits per heavy atom. The van der Waals surface area contributed by atoms with Crippen LogP contribution >= 0.6 is 0 Å². The summed E-state index contributed by atoms with van der Waals surface area (Å²) in [5.74, 6) is 1.79. The molecule has 0 bridgehead atoms. The van der Waals surface area contributed by atoms with E-state index in [0.717, 1.165) is 38.1 Å². The van der Waals surface area contributed by atoms with Crippen molar-refractivity contribution >= 4 is 0 Å². The van der Waals surface area contributed by atoms with Gasteiger partial charge in [0.15, 0.2) is 5.82 Å². The van der Waals surface area contributed by atoms with Crippen LogP contribution < -0.4 is 5.73 Å². The number of ether oxygens (including phenoxy) is 1. The van der Waals surface area contributed by atoms with Gasteiger partial charge in [-0.05, 0) is 31.6 Å². The van der Waals surface area contributed by atoms with Crippen molar-refractivity contribution < 1.29 is 9.26 Å². The van der Waals surface area contributed by atoms with Gasteiger partial charge < -0.3 is 15.0 Å². The van der Waals surface area contributed by atoms with E-state index in [-0.39, 0.29) is 12.1 Å². The van der Waals surface area contributed by atoms with E-state index in [1.165, 1.54) is 6.42 Å². The number of nitrogens with zero attached hydrogens (tertiary/aromatic N) is 2. The van der Waals surface area contributed by atoms with Gasteiger partial charge in [0.25, 0.3) is 0 Å². The van der Waals surface area contributed by atoms with Gasteiger partial charge in [-0.15, -0.1) is 0 Å². The third-order valence-electron chi connectivity index (χ3n) is 3.21. The van der Waals surface area contributed by atoms with Crippen LogP contribution in [0.15, 0.2) is 4.52 Å². The minimum absolute atomic E-state index is 0.154. The summed E-state index contributed by atoms with van der Waals surface area (Å²) in [7, 11) is 0. The van der Waals surface area contributed by atoms with Crippen LogP contribution in [0.4, 0.5) is 0 Å². The average molecular weight is 253 g/mol. The van der Waals surface area contributed by atoms with Crippen LogP contribution in [0.5, 0.6) is 0 Å². The first-order chi connectivity index (χ1) is 8.65. The lowest BCUT2D eigenvalue weighted by atomic mass is 10.0. The van der Waals surface area contributed by atoms with Gasteiger partial charge in [0.05, 0.1) is 12.1 Å². The fraction of sp³-hybridized carbons (Fsp3) is 0.846. The third kappa shape index (κ3) is 3.78. The van der Waals surface area contributed by atoms with Crippen molar-refractivity contribution in [2.45, 2.75) is 58.1 Å². The molecule has 0 radical (unpaired) electrons. The third-order valence-corrected chi connectivity index (χ3v) is 3.21. The maximum Gasteiger partial charge on any atom is 0.243 e. The molecular formula is C13H23N3O2. The molecule has 18 heavy (non-hydrogen) atoms. The van der Waals surface area contributed by atoms with Gasteiger partial charge in [-0.1, -0.05) is 19.0 Å². The molecule has 5 nitrogen and oxygen atoms in total. The smallest absolute Gasteiger partial charge is 0.243 e. The molecule has 0 saturated carbocycles. The number of hydrogen-bond acceptors (Lipinski definition) is 5. The topological polar surface area (TPSA) is 74.2 Å². The zero-order valence-electron chi connectivity index (χ0n) is 11.3. The molecule has 1 aliphatic rings. The zero-order valence-corrected chi connectivity index (χ0v) is 11.3. The molecule has 0 aromatic carbocycles. The highest BCUT2D eigenvalue weighted by atomic mass is 16.5. The van der Waals surface area contributed by atoms with Gasteiger partial charge in [0, 0.05) is 13.0 Å². The highest BCUT2D eigenvalue weighted by Gasteiger charge is 2.20. The fourth-order valence-corrected chi connectivity index (χ4v) is 2.28. The fourth-order valence-electron chi connectivity index (χ4n) is 2.28. The van der Waals surface area contributed by atoms with Gasteiger partial charge in [0.2, 0.25) is 5.89 Å². The lowest BCUT2D eigenvalue weighted by Gasteiger charge is -2.20. The summed E-state index contributed by atoms with van der Waals surface area (Å²) in [5, 5.41) is 3.99. The predicted octanol–water partition coefficient (Wildman–Crippen LogP) is 2.23. The SMILES string of the molecule is CC(C)C[C@H](N)c1nc(CC2CCCCO2)no1. The standard InChI is InChI=1S/C13H23N3O2/c1-9(2)7-11(14)13-15-12(16-18-13)8-10-5-3-4-6-17-10/h9-11H,3-8,14H2,1-2H3/t10?,11-/m0/s1. The van der Waals surface area contributed by atoms with E-state index in [4.69, 9.17) is 15.0 Å². The van der Waals surface area contributed by atoms with E-state index >= 15 is 0 Å². The minimum atomic E-state index is -0.154. The second kappa shape index (κ2) is 6.29. The van der Waals surface area contributed by atoms with Crippen LogP contribution in [0.3, 0.4) is 0 Å². The second-order valence-electron chi connectivity index (χ2n) is 5.48. The molecule has 5 heteroatoms. The molecule has 0 spiro atoms. The summed E-state index contributed by atoms with van der Waals surface area (Å²) in [6, 6.07) is -0.154. The van der Waals surface area contributed by atoms with Crippen molar-refractivity contribution in [1.29, 1.82) is 0 Å². The Hall–Kier alpha value is -0.940. The Balaban J connectivity index is 1.88. The van der Waals surface area contributed by atoms with Gasteiger partial charge in [-0.3, -0.25) is 0 Å². The zero-order chi connectivity index (χ0) is 13.0. The monoisotopic (exact) mass is 253 g/mol. The van der Waals surface area contributed by atoms with Crippen LogP contribution in [0, 0.1) is 5.92 Å². The molecule has 102 valence electrons. The molecule has 2 atom stereocenters. The molecule has 1 fully saturated rings. The second-order valence-corrected chi connectivity index (χ2v) is 5.48. The first kappa shape index (κ1) is 13.5. The first-order valence-corrected chi connectivity index (χ1v) is 6.85. The Bertz CT molecular complexity index is 359. The molecular weight excluding hydrogens is 230 g/mol. The van der Waals surface area contributed by atoms with Crippen LogP contribution in [0.2, 0.25) is 0 Å². The van der Waals surface area contributed by atoms with Crippen molar-refractivity contribution in [1.82, 2.24) is 10.1 Å². The van der Waals surface area contributed by atoms with E-state index in [1.54, 1.807) is 0 Å². The Morgan fingerprint density at radius 3 is 2.89 bits per heavy atom. The molecule has 0 aliphatic carbocycles. The summed E-state index contributed by atoms with van der Waals surface area (Å²) in [6.45, 7) is 5.11. The Morgan fingerprint density at radius 1 is 1.39 bits per heavy atom. The van der Waals surface area contributed by atoms with E-state index < -0.39 is 0 Å². The summed E-state index contributed by atoms with van der Waals surface area (Å²) >= 11 is 0. The highest BCUT2D eigenvalue weighted by Crippen LogP contribution is 2.19. The summed E-state index contributed by atoms with van der Waals surface area (Å²) in [5.41, 5.74) is 6.01. The average Bonchev–Trinajstić information content (AvgIpc) is 2.78. The normalized spacial score (nSPS) is 22.3. The van der Waals surface area contributed by atoms with Gasteiger partial charge in [0.1, 0.15) is 0 Å². The van der Waals surface area contributed by atoms with Crippen LogP contribution in [-0.2, 0) is 11.2 Å². The molecule has 1 aliphatic heterocycles. The molecule has 1 saturated heterocycles. The van der Waals surface area contributed by atoms with Crippen LogP contribution in [-0.4, -0.2) is 22.9 Å². The molecule has 2 rings (SSSR count). The van der Waals surface area contributed by atoms with E-state index in [1.807, 2.05) is 0 Å². The van der Waals surface area contributed by atoms with Crippen molar-refractivity contribution in [2.75, 3.05) is 6.61 Å². The number of rotatable bonds is 5. The number of hydrogen-bond donors (Lipinski definition) is 1. The summed E-state index contributed by atoms with van der Waals surface area (Å²) in [6.07, 6.45) is 5.31. The summed E-state index contributed by atoms with van der Waals surface area (Å²) in [4.78, 5) is 4.37. The largest absolute Gasteiger partial charge is 0.378 e. The lowest BCUT2D eigenvalue weighted by Crippen LogP contribution is -2.22. The summed E-state index contributed by atoms with van der Waals surface area (Å²) < 4.78 is 10.9.